The fraction of sp³-hybridized carbons (Fsp3) is 0.467. The second-order valence-electron chi connectivity index (χ2n) is 5.24. The van der Waals surface area contributed by atoms with Crippen LogP contribution in [0.5, 0.6) is 0 Å². The molecule has 1 aromatic carbocycles. The highest BCUT2D eigenvalue weighted by molar-refractivity contribution is 5.76. The van der Waals surface area contributed by atoms with E-state index in [1.165, 1.54) is 6.42 Å². The lowest BCUT2D eigenvalue weighted by Crippen LogP contribution is -2.45. The van der Waals surface area contributed by atoms with Gasteiger partial charge in [-0.15, -0.1) is 0 Å². The van der Waals surface area contributed by atoms with Gasteiger partial charge in [0.1, 0.15) is 5.82 Å². The maximum Gasteiger partial charge on any atom is 0.148 e. The summed E-state index contributed by atoms with van der Waals surface area (Å²) in [6.07, 6.45) is 3.49. The lowest BCUT2D eigenvalue weighted by molar-refractivity contribution is -0.0601. The minimum atomic E-state index is -0.000233. The number of para-hydroxylation sites is 2. The molecule has 1 aliphatic rings. The molecule has 1 N–H and O–H groups in total. The average Bonchev–Trinajstić information content (AvgIpc) is 2.38. The molecule has 19 heavy (non-hydrogen) atoms. The van der Waals surface area contributed by atoms with Crippen molar-refractivity contribution in [1.82, 2.24) is 9.97 Å². The third kappa shape index (κ3) is 2.28. The van der Waals surface area contributed by atoms with Gasteiger partial charge >= 0.3 is 0 Å². The number of nitrogens with one attached hydrogen (secondary N) is 1. The van der Waals surface area contributed by atoms with Crippen molar-refractivity contribution in [1.29, 1.82) is 0 Å². The standard InChI is InChI=1S/C15H19N3O/c1-11-14(16-10-15(19-2)8-5-9-15)18-13-7-4-3-6-12(13)17-11/h3-4,6-7H,5,8-10H2,1-2H3,(H,16,18). The zero-order chi connectivity index (χ0) is 13.3. The first-order valence-electron chi connectivity index (χ1n) is 6.75. The van der Waals surface area contributed by atoms with E-state index in [1.54, 1.807) is 7.11 Å². The molecule has 1 aromatic heterocycles. The summed E-state index contributed by atoms with van der Waals surface area (Å²) >= 11 is 0. The van der Waals surface area contributed by atoms with Crippen molar-refractivity contribution in [3.63, 3.8) is 0 Å². The maximum absolute atomic E-state index is 5.61. The first-order chi connectivity index (χ1) is 9.22. The molecule has 4 heteroatoms. The number of hydrogen-bond acceptors (Lipinski definition) is 4. The minimum absolute atomic E-state index is 0.000233. The highest BCUT2D eigenvalue weighted by atomic mass is 16.5. The van der Waals surface area contributed by atoms with E-state index in [0.29, 0.717) is 0 Å². The Morgan fingerprint density at radius 2 is 1.89 bits per heavy atom. The average molecular weight is 257 g/mol. The van der Waals surface area contributed by atoms with Gasteiger partial charge < -0.3 is 10.1 Å². The molecule has 1 heterocycles. The summed E-state index contributed by atoms with van der Waals surface area (Å²) in [7, 11) is 1.79. The minimum Gasteiger partial charge on any atom is -0.376 e. The van der Waals surface area contributed by atoms with Gasteiger partial charge in [-0.25, -0.2) is 9.97 Å². The van der Waals surface area contributed by atoms with Crippen molar-refractivity contribution in [2.24, 2.45) is 0 Å². The molecule has 2 aromatic rings. The highest BCUT2D eigenvalue weighted by Crippen LogP contribution is 2.35. The van der Waals surface area contributed by atoms with Gasteiger partial charge in [-0.1, -0.05) is 12.1 Å². The van der Waals surface area contributed by atoms with Gasteiger partial charge in [0, 0.05) is 13.7 Å². The molecule has 0 bridgehead atoms. The van der Waals surface area contributed by atoms with Crippen LogP contribution in [0.2, 0.25) is 0 Å². The lowest BCUT2D eigenvalue weighted by atomic mass is 9.80. The van der Waals surface area contributed by atoms with Gasteiger partial charge in [0.05, 0.1) is 22.3 Å². The summed E-state index contributed by atoms with van der Waals surface area (Å²) in [5, 5.41) is 3.40. The Bertz CT molecular complexity index is 587. The van der Waals surface area contributed by atoms with Crippen molar-refractivity contribution < 1.29 is 4.74 Å². The first kappa shape index (κ1) is 12.4. The van der Waals surface area contributed by atoms with Crippen molar-refractivity contribution >= 4 is 16.9 Å². The van der Waals surface area contributed by atoms with Gasteiger partial charge in [-0.2, -0.15) is 0 Å². The number of anilines is 1. The van der Waals surface area contributed by atoms with Crippen LogP contribution in [0.1, 0.15) is 25.0 Å². The zero-order valence-corrected chi connectivity index (χ0v) is 11.4. The molecule has 0 atom stereocenters. The van der Waals surface area contributed by atoms with Gasteiger partial charge in [-0.3, -0.25) is 0 Å². The number of methoxy groups -OCH3 is 1. The van der Waals surface area contributed by atoms with E-state index >= 15 is 0 Å². The molecule has 1 aliphatic carbocycles. The van der Waals surface area contributed by atoms with E-state index in [1.807, 2.05) is 31.2 Å². The van der Waals surface area contributed by atoms with Crippen LogP contribution in [0.15, 0.2) is 24.3 Å². The van der Waals surface area contributed by atoms with Crippen LogP contribution in [0.3, 0.4) is 0 Å². The van der Waals surface area contributed by atoms with Crippen LogP contribution in [0.25, 0.3) is 11.0 Å². The summed E-state index contributed by atoms with van der Waals surface area (Å²) in [4.78, 5) is 9.22. The Morgan fingerprint density at radius 3 is 2.47 bits per heavy atom. The fourth-order valence-electron chi connectivity index (χ4n) is 2.52. The van der Waals surface area contributed by atoms with Crippen LogP contribution in [-0.4, -0.2) is 29.2 Å². The SMILES string of the molecule is COC1(CNc2nc3ccccc3nc2C)CCC1. The Balaban J connectivity index is 1.82. The zero-order valence-electron chi connectivity index (χ0n) is 11.4. The monoisotopic (exact) mass is 257 g/mol. The predicted octanol–water partition coefficient (Wildman–Crippen LogP) is 2.92. The van der Waals surface area contributed by atoms with Gasteiger partial charge in [0.15, 0.2) is 0 Å². The van der Waals surface area contributed by atoms with Crippen molar-refractivity contribution in [2.75, 3.05) is 19.0 Å². The second kappa shape index (κ2) is 4.78. The van der Waals surface area contributed by atoms with E-state index in [9.17, 15) is 0 Å². The Labute approximate surface area is 113 Å². The Kier molecular flexibility index (Phi) is 3.11. The number of aryl methyl sites for hydroxylation is 1. The molecule has 1 fully saturated rings. The quantitative estimate of drug-likeness (QED) is 0.914. The van der Waals surface area contributed by atoms with E-state index in [2.05, 4.69) is 15.3 Å². The highest BCUT2D eigenvalue weighted by Gasteiger charge is 2.36. The number of fused-ring (bicyclic) bond motifs is 1. The van der Waals surface area contributed by atoms with Crippen LogP contribution in [0, 0.1) is 6.92 Å². The van der Waals surface area contributed by atoms with Crippen LogP contribution < -0.4 is 5.32 Å². The molecule has 3 rings (SSSR count). The van der Waals surface area contributed by atoms with E-state index < -0.39 is 0 Å². The fourth-order valence-corrected chi connectivity index (χ4v) is 2.52. The van der Waals surface area contributed by atoms with Crippen LogP contribution in [-0.2, 0) is 4.74 Å². The molecule has 4 nitrogen and oxygen atoms in total. The van der Waals surface area contributed by atoms with Crippen molar-refractivity contribution in [3.05, 3.63) is 30.0 Å². The van der Waals surface area contributed by atoms with Gasteiger partial charge in [0.25, 0.3) is 0 Å². The summed E-state index contributed by atoms with van der Waals surface area (Å²) in [6.45, 7) is 2.79. The third-order valence-electron chi connectivity index (χ3n) is 4.02. The Hall–Kier alpha value is -1.68. The topological polar surface area (TPSA) is 47.0 Å². The molecule has 0 radical (unpaired) electrons. The van der Waals surface area contributed by atoms with Crippen molar-refractivity contribution in [3.8, 4) is 0 Å². The summed E-state index contributed by atoms with van der Waals surface area (Å²) < 4.78 is 5.61. The maximum atomic E-state index is 5.61. The molecule has 0 aliphatic heterocycles. The van der Waals surface area contributed by atoms with Crippen LogP contribution in [0.4, 0.5) is 5.82 Å². The number of nitrogens with zero attached hydrogens (tertiary/aromatic N) is 2. The van der Waals surface area contributed by atoms with Crippen molar-refractivity contribution in [2.45, 2.75) is 31.8 Å². The Morgan fingerprint density at radius 1 is 1.21 bits per heavy atom. The van der Waals surface area contributed by atoms with E-state index in [-0.39, 0.29) is 5.60 Å². The van der Waals surface area contributed by atoms with E-state index in [4.69, 9.17) is 4.74 Å². The third-order valence-corrected chi connectivity index (χ3v) is 4.02. The van der Waals surface area contributed by atoms with E-state index in [0.717, 1.165) is 41.9 Å². The number of benzene rings is 1. The summed E-state index contributed by atoms with van der Waals surface area (Å²) in [6, 6.07) is 7.95. The molecular weight excluding hydrogens is 238 g/mol. The summed E-state index contributed by atoms with van der Waals surface area (Å²) in [5.41, 5.74) is 2.80. The number of hydrogen-bond donors (Lipinski definition) is 1. The first-order valence-corrected chi connectivity index (χ1v) is 6.75. The molecule has 0 spiro atoms. The number of aromatic nitrogens is 2. The predicted molar refractivity (Wildman–Crippen MR) is 76.4 cm³/mol. The number of ether oxygens (including phenoxy) is 1. The smallest absolute Gasteiger partial charge is 0.148 e. The molecule has 100 valence electrons. The molecule has 0 unspecified atom stereocenters. The second-order valence-corrected chi connectivity index (χ2v) is 5.24. The molecule has 0 saturated heterocycles. The summed E-state index contributed by atoms with van der Waals surface area (Å²) in [5.74, 6) is 0.863. The van der Waals surface area contributed by atoms with Crippen LogP contribution >= 0.6 is 0 Å². The largest absolute Gasteiger partial charge is 0.376 e. The lowest BCUT2D eigenvalue weighted by Gasteiger charge is -2.40. The molecular formula is C15H19N3O. The van der Waals surface area contributed by atoms with Gasteiger partial charge in [-0.05, 0) is 38.3 Å². The molecule has 1 saturated carbocycles. The number of rotatable bonds is 4. The normalized spacial score (nSPS) is 17.2. The molecule has 0 amide bonds. The van der Waals surface area contributed by atoms with Gasteiger partial charge in [0.2, 0.25) is 0 Å².